The average Bonchev–Trinajstić information content (AvgIpc) is 2.82. The Morgan fingerprint density at radius 3 is 2.71 bits per heavy atom. The van der Waals surface area contributed by atoms with Gasteiger partial charge in [-0.15, -0.1) is 0 Å². The highest BCUT2D eigenvalue weighted by atomic mass is 16.5. The van der Waals surface area contributed by atoms with Crippen molar-refractivity contribution in [3.8, 4) is 0 Å². The number of rotatable bonds is 11. The molecular formula is C16H32N4O. The third-order valence-electron chi connectivity index (χ3n) is 3.48. The first kappa shape index (κ1) is 18.1. The van der Waals surface area contributed by atoms with Gasteiger partial charge in [0, 0.05) is 32.7 Å². The van der Waals surface area contributed by atoms with Crippen molar-refractivity contribution >= 4 is 0 Å². The molecule has 0 aliphatic rings. The Morgan fingerprint density at radius 2 is 2.10 bits per heavy atom. The van der Waals surface area contributed by atoms with Gasteiger partial charge in [-0.2, -0.15) is 5.10 Å². The van der Waals surface area contributed by atoms with Crippen LogP contribution < -0.4 is 5.32 Å². The van der Waals surface area contributed by atoms with E-state index in [0.29, 0.717) is 17.9 Å². The number of hydrogen-bond donors (Lipinski definition) is 1. The molecule has 5 heteroatoms. The van der Waals surface area contributed by atoms with E-state index in [1.54, 1.807) is 13.4 Å². The molecule has 122 valence electrons. The standard InChI is InChI=1S/C16H32N4O/c1-6-7-17-15(8-14(4)11-21-5)9-16-18-12-19-20(16)10-13(2)3/h12-15,17H,6-11H2,1-5H3. The minimum absolute atomic E-state index is 0.435. The van der Waals surface area contributed by atoms with Gasteiger partial charge in [0.2, 0.25) is 0 Å². The van der Waals surface area contributed by atoms with Gasteiger partial charge >= 0.3 is 0 Å². The lowest BCUT2D eigenvalue weighted by Gasteiger charge is -2.22. The second-order valence-electron chi connectivity index (χ2n) is 6.40. The number of ether oxygens (including phenoxy) is 1. The van der Waals surface area contributed by atoms with Crippen molar-refractivity contribution in [1.29, 1.82) is 0 Å². The maximum Gasteiger partial charge on any atom is 0.138 e. The fraction of sp³-hybridized carbons (Fsp3) is 0.875. The molecule has 0 amide bonds. The van der Waals surface area contributed by atoms with Crippen LogP contribution in [0.5, 0.6) is 0 Å². The Labute approximate surface area is 129 Å². The molecule has 0 aliphatic carbocycles. The Kier molecular flexibility index (Phi) is 8.54. The molecule has 0 aliphatic heterocycles. The van der Waals surface area contributed by atoms with Crippen molar-refractivity contribution in [3.05, 3.63) is 12.2 Å². The maximum absolute atomic E-state index is 5.26. The van der Waals surface area contributed by atoms with E-state index in [2.05, 4.69) is 43.1 Å². The Hall–Kier alpha value is -0.940. The van der Waals surface area contributed by atoms with E-state index in [1.165, 1.54) is 0 Å². The van der Waals surface area contributed by atoms with Crippen LogP contribution in [0.4, 0.5) is 0 Å². The van der Waals surface area contributed by atoms with Gasteiger partial charge in [-0.05, 0) is 31.2 Å². The zero-order valence-electron chi connectivity index (χ0n) is 14.3. The molecular weight excluding hydrogens is 264 g/mol. The minimum Gasteiger partial charge on any atom is -0.384 e. The zero-order valence-corrected chi connectivity index (χ0v) is 14.3. The van der Waals surface area contributed by atoms with E-state index < -0.39 is 0 Å². The van der Waals surface area contributed by atoms with Crippen LogP contribution in [0.2, 0.25) is 0 Å². The van der Waals surface area contributed by atoms with Gasteiger partial charge < -0.3 is 10.1 Å². The summed E-state index contributed by atoms with van der Waals surface area (Å²) in [6.45, 7) is 11.6. The summed E-state index contributed by atoms with van der Waals surface area (Å²) in [5.74, 6) is 2.22. The highest BCUT2D eigenvalue weighted by Crippen LogP contribution is 2.12. The van der Waals surface area contributed by atoms with Crippen LogP contribution in [0, 0.1) is 11.8 Å². The summed E-state index contributed by atoms with van der Waals surface area (Å²) < 4.78 is 7.31. The van der Waals surface area contributed by atoms with E-state index in [4.69, 9.17) is 4.74 Å². The molecule has 1 N–H and O–H groups in total. The predicted molar refractivity (Wildman–Crippen MR) is 86.3 cm³/mol. The molecule has 2 atom stereocenters. The number of nitrogens with one attached hydrogen (secondary N) is 1. The van der Waals surface area contributed by atoms with E-state index in [0.717, 1.165) is 44.8 Å². The molecule has 1 aromatic rings. The highest BCUT2D eigenvalue weighted by molar-refractivity contribution is 4.90. The minimum atomic E-state index is 0.435. The molecule has 0 saturated carbocycles. The van der Waals surface area contributed by atoms with Gasteiger partial charge in [0.15, 0.2) is 0 Å². The van der Waals surface area contributed by atoms with Crippen LogP contribution in [-0.4, -0.2) is 41.1 Å². The van der Waals surface area contributed by atoms with Crippen molar-refractivity contribution in [3.63, 3.8) is 0 Å². The first-order valence-corrected chi connectivity index (χ1v) is 8.15. The second kappa shape index (κ2) is 9.90. The van der Waals surface area contributed by atoms with Gasteiger partial charge in [-0.3, -0.25) is 0 Å². The molecule has 21 heavy (non-hydrogen) atoms. The van der Waals surface area contributed by atoms with Crippen molar-refractivity contribution in [2.75, 3.05) is 20.3 Å². The molecule has 1 aromatic heterocycles. The molecule has 0 spiro atoms. The third kappa shape index (κ3) is 7.05. The van der Waals surface area contributed by atoms with Crippen LogP contribution in [0.15, 0.2) is 6.33 Å². The molecule has 0 fully saturated rings. The van der Waals surface area contributed by atoms with Gasteiger partial charge in [-0.25, -0.2) is 9.67 Å². The topological polar surface area (TPSA) is 52.0 Å². The van der Waals surface area contributed by atoms with Crippen molar-refractivity contribution < 1.29 is 4.74 Å². The molecule has 1 rings (SSSR count). The summed E-state index contributed by atoms with van der Waals surface area (Å²) in [7, 11) is 1.77. The SMILES string of the molecule is CCCNC(Cc1ncnn1CC(C)C)CC(C)COC. The Balaban J connectivity index is 2.64. The van der Waals surface area contributed by atoms with Gasteiger partial charge in [0.05, 0.1) is 0 Å². The monoisotopic (exact) mass is 296 g/mol. The molecule has 0 saturated heterocycles. The van der Waals surface area contributed by atoms with Crippen LogP contribution >= 0.6 is 0 Å². The van der Waals surface area contributed by atoms with Crippen LogP contribution in [0.3, 0.4) is 0 Å². The smallest absolute Gasteiger partial charge is 0.138 e. The van der Waals surface area contributed by atoms with Gasteiger partial charge in [0.25, 0.3) is 0 Å². The van der Waals surface area contributed by atoms with Gasteiger partial charge in [0.1, 0.15) is 12.2 Å². The molecule has 0 aromatic carbocycles. The zero-order chi connectivity index (χ0) is 15.7. The Bertz CT molecular complexity index is 378. The first-order valence-electron chi connectivity index (χ1n) is 8.15. The molecule has 2 unspecified atom stereocenters. The molecule has 0 radical (unpaired) electrons. The summed E-state index contributed by atoms with van der Waals surface area (Å²) >= 11 is 0. The number of methoxy groups -OCH3 is 1. The van der Waals surface area contributed by atoms with Crippen molar-refractivity contribution in [1.82, 2.24) is 20.1 Å². The van der Waals surface area contributed by atoms with Gasteiger partial charge in [-0.1, -0.05) is 27.7 Å². The predicted octanol–water partition coefficient (Wildman–Crippen LogP) is 2.52. The number of nitrogens with zero attached hydrogens (tertiary/aromatic N) is 3. The number of hydrogen-bond acceptors (Lipinski definition) is 4. The van der Waals surface area contributed by atoms with Crippen LogP contribution in [-0.2, 0) is 17.7 Å². The molecule has 0 bridgehead atoms. The summed E-state index contributed by atoms with van der Waals surface area (Å²) in [5, 5.41) is 8.00. The van der Waals surface area contributed by atoms with E-state index in [1.807, 2.05) is 4.68 Å². The number of aromatic nitrogens is 3. The van der Waals surface area contributed by atoms with Crippen molar-refractivity contribution in [2.45, 2.75) is 59.5 Å². The third-order valence-corrected chi connectivity index (χ3v) is 3.48. The summed E-state index contributed by atoms with van der Waals surface area (Å²) in [5.41, 5.74) is 0. The van der Waals surface area contributed by atoms with Crippen LogP contribution in [0.25, 0.3) is 0 Å². The molecule has 1 heterocycles. The Morgan fingerprint density at radius 1 is 1.33 bits per heavy atom. The van der Waals surface area contributed by atoms with E-state index in [9.17, 15) is 0 Å². The first-order chi connectivity index (χ1) is 10.1. The highest BCUT2D eigenvalue weighted by Gasteiger charge is 2.17. The maximum atomic E-state index is 5.26. The fourth-order valence-corrected chi connectivity index (χ4v) is 2.59. The quantitative estimate of drug-likeness (QED) is 0.682. The summed E-state index contributed by atoms with van der Waals surface area (Å²) in [6, 6.07) is 0.435. The van der Waals surface area contributed by atoms with Crippen molar-refractivity contribution in [2.24, 2.45) is 11.8 Å². The lowest BCUT2D eigenvalue weighted by molar-refractivity contribution is 0.149. The average molecular weight is 296 g/mol. The van der Waals surface area contributed by atoms with E-state index in [-0.39, 0.29) is 0 Å². The van der Waals surface area contributed by atoms with Crippen LogP contribution in [0.1, 0.15) is 46.4 Å². The summed E-state index contributed by atoms with van der Waals surface area (Å²) in [6.07, 6.45) is 4.85. The molecule has 5 nitrogen and oxygen atoms in total. The lowest BCUT2D eigenvalue weighted by Crippen LogP contribution is -2.35. The normalized spacial score (nSPS) is 14.6. The van der Waals surface area contributed by atoms with E-state index >= 15 is 0 Å². The summed E-state index contributed by atoms with van der Waals surface area (Å²) in [4.78, 5) is 4.45. The lowest BCUT2D eigenvalue weighted by atomic mass is 9.99. The second-order valence-corrected chi connectivity index (χ2v) is 6.40. The fourth-order valence-electron chi connectivity index (χ4n) is 2.59. The largest absolute Gasteiger partial charge is 0.384 e.